The van der Waals surface area contributed by atoms with E-state index >= 15 is 0 Å². The average molecular weight is 347 g/mol. The van der Waals surface area contributed by atoms with Crippen LogP contribution in [-0.4, -0.2) is 41.8 Å². The monoisotopic (exact) mass is 347 g/mol. The summed E-state index contributed by atoms with van der Waals surface area (Å²) in [5.74, 6) is -0.276. The fourth-order valence-corrected chi connectivity index (χ4v) is 3.25. The molecule has 0 aromatic heterocycles. The lowest BCUT2D eigenvalue weighted by atomic mass is 9.72. The van der Waals surface area contributed by atoms with Gasteiger partial charge in [0.25, 0.3) is 0 Å². The van der Waals surface area contributed by atoms with Crippen LogP contribution in [0.15, 0.2) is 30.3 Å². The van der Waals surface area contributed by atoms with Crippen LogP contribution in [0.2, 0.25) is 0 Å². The van der Waals surface area contributed by atoms with E-state index in [1.807, 2.05) is 58.0 Å². The summed E-state index contributed by atoms with van der Waals surface area (Å²) in [6, 6.07) is 9.61. The number of rotatable bonds is 3. The van der Waals surface area contributed by atoms with Gasteiger partial charge in [0.05, 0.1) is 6.61 Å². The Hall–Kier alpha value is -2.04. The van der Waals surface area contributed by atoms with Crippen LogP contribution in [0.5, 0.6) is 0 Å². The van der Waals surface area contributed by atoms with Crippen molar-refractivity contribution in [3.05, 3.63) is 35.9 Å². The van der Waals surface area contributed by atoms with Gasteiger partial charge in [-0.25, -0.2) is 4.79 Å². The molecule has 5 heteroatoms. The number of likely N-dealkylation sites (tertiary alicyclic amines) is 1. The van der Waals surface area contributed by atoms with Crippen molar-refractivity contribution in [3.8, 4) is 0 Å². The van der Waals surface area contributed by atoms with Crippen LogP contribution in [-0.2, 0) is 19.7 Å². The molecule has 2 rings (SSSR count). The van der Waals surface area contributed by atoms with Gasteiger partial charge in [0.1, 0.15) is 11.0 Å². The summed E-state index contributed by atoms with van der Waals surface area (Å²) in [5.41, 5.74) is -0.539. The second-order valence-corrected chi connectivity index (χ2v) is 7.66. The first-order valence-corrected chi connectivity index (χ1v) is 8.92. The molecule has 2 atom stereocenters. The Balaban J connectivity index is 2.37. The quantitative estimate of drug-likeness (QED) is 0.778. The Kier molecular flexibility index (Phi) is 5.76. The fourth-order valence-electron chi connectivity index (χ4n) is 3.25. The highest BCUT2D eigenvalue weighted by molar-refractivity contribution is 5.85. The number of carbonyl (C=O) groups excluding carboxylic acids is 2. The van der Waals surface area contributed by atoms with E-state index in [0.29, 0.717) is 19.4 Å². The van der Waals surface area contributed by atoms with Gasteiger partial charge < -0.3 is 14.4 Å². The van der Waals surface area contributed by atoms with Crippen molar-refractivity contribution in [2.45, 2.75) is 64.5 Å². The van der Waals surface area contributed by atoms with Gasteiger partial charge in [0.15, 0.2) is 0 Å². The van der Waals surface area contributed by atoms with E-state index in [1.165, 1.54) is 0 Å². The summed E-state index contributed by atoms with van der Waals surface area (Å²) in [4.78, 5) is 27.2. The Morgan fingerprint density at radius 1 is 1.24 bits per heavy atom. The molecule has 25 heavy (non-hydrogen) atoms. The van der Waals surface area contributed by atoms with Crippen molar-refractivity contribution >= 4 is 12.1 Å². The lowest BCUT2D eigenvalue weighted by Gasteiger charge is -2.44. The minimum absolute atomic E-state index is 0.0149. The third-order valence-electron chi connectivity index (χ3n) is 4.58. The number of esters is 1. The molecule has 0 bridgehead atoms. The molecule has 0 unspecified atom stereocenters. The molecule has 1 heterocycles. The number of ether oxygens (including phenoxy) is 2. The maximum atomic E-state index is 12.9. The molecule has 1 saturated heterocycles. The zero-order valence-electron chi connectivity index (χ0n) is 15.9. The van der Waals surface area contributed by atoms with E-state index in [-0.39, 0.29) is 24.6 Å². The zero-order valence-corrected chi connectivity index (χ0v) is 15.9. The molecular formula is C20H29NO4. The van der Waals surface area contributed by atoms with E-state index in [0.717, 1.165) is 5.56 Å². The van der Waals surface area contributed by atoms with E-state index in [2.05, 4.69) is 0 Å². The molecule has 0 saturated carbocycles. The van der Waals surface area contributed by atoms with Crippen LogP contribution in [0.25, 0.3) is 0 Å². The summed E-state index contributed by atoms with van der Waals surface area (Å²) in [5, 5.41) is 0. The van der Waals surface area contributed by atoms with E-state index in [1.54, 1.807) is 11.8 Å². The summed E-state index contributed by atoms with van der Waals surface area (Å²) >= 11 is 0. The van der Waals surface area contributed by atoms with Gasteiger partial charge in [-0.15, -0.1) is 0 Å². The fraction of sp³-hybridized carbons (Fsp3) is 0.600. The molecule has 1 aliphatic rings. The van der Waals surface area contributed by atoms with Gasteiger partial charge in [0, 0.05) is 12.6 Å². The summed E-state index contributed by atoms with van der Waals surface area (Å²) in [6.07, 6.45) is 0.979. The summed E-state index contributed by atoms with van der Waals surface area (Å²) in [6.45, 7) is 9.90. The number of benzene rings is 1. The number of piperidine rings is 1. The third-order valence-corrected chi connectivity index (χ3v) is 4.58. The number of hydrogen-bond donors (Lipinski definition) is 0. The molecule has 1 aromatic rings. The predicted molar refractivity (Wildman–Crippen MR) is 96.4 cm³/mol. The largest absolute Gasteiger partial charge is 0.465 e. The highest BCUT2D eigenvalue weighted by atomic mass is 16.6. The summed E-state index contributed by atoms with van der Waals surface area (Å²) < 4.78 is 10.9. The van der Waals surface area contributed by atoms with Crippen LogP contribution in [0.1, 0.15) is 53.0 Å². The van der Waals surface area contributed by atoms with Gasteiger partial charge in [-0.05, 0) is 53.0 Å². The molecule has 1 amide bonds. The molecule has 0 radical (unpaired) electrons. The number of amides is 1. The molecule has 0 spiro atoms. The molecule has 1 aliphatic heterocycles. The van der Waals surface area contributed by atoms with Gasteiger partial charge in [-0.1, -0.05) is 30.3 Å². The topological polar surface area (TPSA) is 55.8 Å². The highest BCUT2D eigenvalue weighted by Gasteiger charge is 2.48. The molecular weight excluding hydrogens is 318 g/mol. The molecule has 1 aromatic carbocycles. The van der Waals surface area contributed by atoms with Gasteiger partial charge in [-0.3, -0.25) is 4.79 Å². The van der Waals surface area contributed by atoms with Gasteiger partial charge >= 0.3 is 12.1 Å². The van der Waals surface area contributed by atoms with Crippen LogP contribution in [0.4, 0.5) is 4.79 Å². The second kappa shape index (κ2) is 7.46. The zero-order chi connectivity index (χ0) is 18.7. The van der Waals surface area contributed by atoms with Crippen molar-refractivity contribution in [3.63, 3.8) is 0 Å². The number of hydrogen-bond acceptors (Lipinski definition) is 4. The Bertz CT molecular complexity index is 608. The van der Waals surface area contributed by atoms with Gasteiger partial charge in [-0.2, -0.15) is 0 Å². The smallest absolute Gasteiger partial charge is 0.410 e. The molecule has 0 N–H and O–H groups in total. The Morgan fingerprint density at radius 3 is 2.44 bits per heavy atom. The van der Waals surface area contributed by atoms with Crippen LogP contribution < -0.4 is 0 Å². The number of carbonyl (C=O) groups is 2. The molecule has 5 nitrogen and oxygen atoms in total. The minimum atomic E-state index is -0.847. The first-order chi connectivity index (χ1) is 11.7. The number of nitrogens with zero attached hydrogens (tertiary/aromatic N) is 1. The van der Waals surface area contributed by atoms with Crippen molar-refractivity contribution in [2.75, 3.05) is 13.2 Å². The lowest BCUT2D eigenvalue weighted by molar-refractivity contribution is -0.153. The van der Waals surface area contributed by atoms with Crippen LogP contribution in [0, 0.1) is 0 Å². The molecule has 1 fully saturated rings. The molecule has 138 valence electrons. The third kappa shape index (κ3) is 4.33. The van der Waals surface area contributed by atoms with Crippen molar-refractivity contribution < 1.29 is 19.1 Å². The average Bonchev–Trinajstić information content (AvgIpc) is 2.55. The predicted octanol–water partition coefficient (Wildman–Crippen LogP) is 3.91. The van der Waals surface area contributed by atoms with Crippen LogP contribution in [0.3, 0.4) is 0 Å². The minimum Gasteiger partial charge on any atom is -0.465 e. The van der Waals surface area contributed by atoms with Crippen molar-refractivity contribution in [1.29, 1.82) is 0 Å². The van der Waals surface area contributed by atoms with Crippen LogP contribution >= 0.6 is 0 Å². The standard InChI is InChI=1S/C20H29NO4/c1-6-24-17(22)20(16-10-8-7-9-11-16)13-12-15(2)21(14-20)18(23)25-19(3,4)5/h7-11,15H,6,12-14H2,1-5H3/t15-,20+/m0/s1. The maximum Gasteiger partial charge on any atom is 0.410 e. The Morgan fingerprint density at radius 2 is 1.88 bits per heavy atom. The van der Waals surface area contributed by atoms with E-state index in [4.69, 9.17) is 9.47 Å². The van der Waals surface area contributed by atoms with Crippen molar-refractivity contribution in [1.82, 2.24) is 4.90 Å². The second-order valence-electron chi connectivity index (χ2n) is 7.66. The SMILES string of the molecule is CCOC(=O)[C@]1(c2ccccc2)CC[C@H](C)N(C(=O)OC(C)(C)C)C1. The Labute approximate surface area is 150 Å². The highest BCUT2D eigenvalue weighted by Crippen LogP contribution is 2.38. The van der Waals surface area contributed by atoms with Crippen molar-refractivity contribution in [2.24, 2.45) is 0 Å². The normalized spacial score (nSPS) is 23.9. The van der Waals surface area contributed by atoms with E-state index in [9.17, 15) is 9.59 Å². The molecule has 0 aliphatic carbocycles. The lowest BCUT2D eigenvalue weighted by Crippen LogP contribution is -2.57. The van der Waals surface area contributed by atoms with E-state index < -0.39 is 11.0 Å². The maximum absolute atomic E-state index is 12.9. The first kappa shape index (κ1) is 19.3. The summed E-state index contributed by atoms with van der Waals surface area (Å²) in [7, 11) is 0. The van der Waals surface area contributed by atoms with Gasteiger partial charge in [0.2, 0.25) is 0 Å². The first-order valence-electron chi connectivity index (χ1n) is 8.92.